The molecule has 4 saturated carbocycles. The van der Waals surface area contributed by atoms with E-state index in [1.165, 1.54) is 0 Å². The van der Waals surface area contributed by atoms with Crippen molar-refractivity contribution in [3.8, 4) is 0 Å². The summed E-state index contributed by atoms with van der Waals surface area (Å²) in [6.45, 7) is 7.01. The second-order valence-corrected chi connectivity index (χ2v) is 11.1. The SMILES string of the molecule is CCOC[C@@]1(O)CC[C@H]2[C@@H](CC[C@@H]3[C@@H]2CC[C@@]2(C)[C@H]3CCC2(O)C(=[N+]=[N-])C(=O)OCC)C1. The topological polar surface area (TPSA) is 112 Å². The number of esters is 1. The van der Waals surface area contributed by atoms with E-state index in [4.69, 9.17) is 9.47 Å². The van der Waals surface area contributed by atoms with E-state index >= 15 is 0 Å². The Kier molecular flexibility index (Phi) is 6.58. The Balaban J connectivity index is 1.52. The van der Waals surface area contributed by atoms with Gasteiger partial charge in [0.1, 0.15) is 0 Å². The fourth-order valence-corrected chi connectivity index (χ4v) is 8.28. The number of rotatable bonds is 6. The van der Waals surface area contributed by atoms with Gasteiger partial charge in [0, 0.05) is 12.0 Å². The van der Waals surface area contributed by atoms with Gasteiger partial charge in [0.2, 0.25) is 0 Å². The van der Waals surface area contributed by atoms with Crippen LogP contribution in [0, 0.1) is 35.0 Å². The second-order valence-electron chi connectivity index (χ2n) is 11.1. The Morgan fingerprint density at radius 3 is 2.44 bits per heavy atom. The molecule has 32 heavy (non-hydrogen) atoms. The predicted octanol–water partition coefficient (Wildman–Crippen LogP) is 3.37. The third kappa shape index (κ3) is 3.66. The van der Waals surface area contributed by atoms with E-state index in [0.29, 0.717) is 49.2 Å². The summed E-state index contributed by atoms with van der Waals surface area (Å²) in [5.41, 5.74) is 6.78. The third-order valence-electron chi connectivity index (χ3n) is 9.79. The lowest BCUT2D eigenvalue weighted by Gasteiger charge is -2.57. The maximum Gasteiger partial charge on any atom is 0.420 e. The monoisotopic (exact) mass is 448 g/mol. The van der Waals surface area contributed by atoms with Gasteiger partial charge in [-0.05, 0) is 101 Å². The first-order valence-corrected chi connectivity index (χ1v) is 12.6. The third-order valence-corrected chi connectivity index (χ3v) is 9.79. The largest absolute Gasteiger partial charge is 0.457 e. The number of fused-ring (bicyclic) bond motifs is 5. The molecule has 0 saturated heterocycles. The van der Waals surface area contributed by atoms with E-state index in [1.807, 2.05) is 6.92 Å². The van der Waals surface area contributed by atoms with E-state index in [9.17, 15) is 20.5 Å². The molecule has 0 aliphatic heterocycles. The van der Waals surface area contributed by atoms with Crippen molar-refractivity contribution in [3.63, 3.8) is 0 Å². The fraction of sp³-hybridized carbons (Fsp3) is 0.920. The number of aliphatic hydroxyl groups is 2. The number of hydrogen-bond acceptors (Lipinski definition) is 5. The molecule has 1 unspecified atom stereocenters. The second kappa shape index (κ2) is 8.83. The minimum Gasteiger partial charge on any atom is -0.457 e. The lowest BCUT2D eigenvalue weighted by Crippen LogP contribution is -2.59. The van der Waals surface area contributed by atoms with Gasteiger partial charge in [0.25, 0.3) is 0 Å². The van der Waals surface area contributed by atoms with Gasteiger partial charge in [-0.3, -0.25) is 0 Å². The lowest BCUT2D eigenvalue weighted by molar-refractivity contribution is -0.155. The quantitative estimate of drug-likeness (QED) is 0.280. The molecule has 180 valence electrons. The standard InChI is InChI=1S/C25H40N2O5/c1-4-31-15-24(29)12-9-17-16(14-24)6-7-19-18(17)8-11-23(3)20(19)10-13-25(23,30)21(27-26)22(28)32-5-2/h16-20,29-30H,4-15H2,1-3H3/t16-,17-,18+,19+,20-,23-,24+,25?/m0/s1. The van der Waals surface area contributed by atoms with Gasteiger partial charge in [-0.15, -0.1) is 0 Å². The first-order chi connectivity index (χ1) is 15.2. The van der Waals surface area contributed by atoms with Crippen molar-refractivity contribution in [2.75, 3.05) is 19.8 Å². The van der Waals surface area contributed by atoms with Crippen LogP contribution in [0.25, 0.3) is 5.53 Å². The highest BCUT2D eigenvalue weighted by Gasteiger charge is 2.69. The van der Waals surface area contributed by atoms with E-state index in [0.717, 1.165) is 51.4 Å². The van der Waals surface area contributed by atoms with Crippen LogP contribution in [-0.2, 0) is 14.3 Å². The Bertz CT molecular complexity index is 782. The van der Waals surface area contributed by atoms with Crippen molar-refractivity contribution in [3.05, 3.63) is 5.53 Å². The Hall–Kier alpha value is -1.27. The van der Waals surface area contributed by atoms with E-state index in [1.54, 1.807) is 6.92 Å². The molecule has 4 rings (SSSR count). The minimum absolute atomic E-state index is 0.178. The highest BCUT2D eigenvalue weighted by molar-refractivity contribution is 6.37. The zero-order valence-electron chi connectivity index (χ0n) is 19.9. The van der Waals surface area contributed by atoms with Crippen LogP contribution in [-0.4, -0.2) is 57.7 Å². The van der Waals surface area contributed by atoms with Crippen molar-refractivity contribution in [1.29, 1.82) is 0 Å². The summed E-state index contributed by atoms with van der Waals surface area (Å²) >= 11 is 0. The summed E-state index contributed by atoms with van der Waals surface area (Å²) < 4.78 is 10.7. The highest BCUT2D eigenvalue weighted by atomic mass is 16.5. The molecule has 7 nitrogen and oxygen atoms in total. The number of nitrogens with zero attached hydrogens (tertiary/aromatic N) is 2. The van der Waals surface area contributed by atoms with Gasteiger partial charge in [0.15, 0.2) is 5.60 Å². The molecule has 0 amide bonds. The van der Waals surface area contributed by atoms with Crippen molar-refractivity contribution >= 4 is 11.7 Å². The molecular weight excluding hydrogens is 408 g/mol. The van der Waals surface area contributed by atoms with Crippen molar-refractivity contribution in [1.82, 2.24) is 0 Å². The van der Waals surface area contributed by atoms with Crippen molar-refractivity contribution in [2.45, 2.75) is 89.8 Å². The Morgan fingerprint density at radius 2 is 1.75 bits per heavy atom. The molecular formula is C25H40N2O5. The summed E-state index contributed by atoms with van der Waals surface area (Å²) in [5, 5.41) is 22.8. The molecule has 4 fully saturated rings. The molecule has 0 spiro atoms. The van der Waals surface area contributed by atoms with E-state index in [-0.39, 0.29) is 12.3 Å². The van der Waals surface area contributed by atoms with Crippen LogP contribution in [0.1, 0.15) is 78.6 Å². The van der Waals surface area contributed by atoms with Gasteiger partial charge < -0.3 is 25.2 Å². The number of ether oxygens (including phenoxy) is 2. The molecule has 4 aliphatic rings. The number of carbonyl (C=O) groups excluding carboxylic acids is 1. The summed E-state index contributed by atoms with van der Waals surface area (Å²) in [4.78, 5) is 15.7. The maximum atomic E-state index is 12.5. The molecule has 0 bridgehead atoms. The summed E-state index contributed by atoms with van der Waals surface area (Å²) in [7, 11) is 0. The number of carbonyl (C=O) groups is 1. The Labute approximate surface area is 191 Å². The zero-order chi connectivity index (χ0) is 23.1. The van der Waals surface area contributed by atoms with Crippen LogP contribution >= 0.6 is 0 Å². The average molecular weight is 449 g/mol. The van der Waals surface area contributed by atoms with Gasteiger partial charge >= 0.3 is 11.7 Å². The number of hydrogen-bond donors (Lipinski definition) is 2. The molecule has 0 heterocycles. The maximum absolute atomic E-state index is 12.5. The Morgan fingerprint density at radius 1 is 1.00 bits per heavy atom. The fourth-order valence-electron chi connectivity index (χ4n) is 8.28. The summed E-state index contributed by atoms with van der Waals surface area (Å²) in [5.74, 6) is 1.83. The van der Waals surface area contributed by atoms with Crippen LogP contribution in [0.4, 0.5) is 0 Å². The van der Waals surface area contributed by atoms with Gasteiger partial charge in [-0.1, -0.05) is 6.92 Å². The van der Waals surface area contributed by atoms with E-state index in [2.05, 4.69) is 11.7 Å². The van der Waals surface area contributed by atoms with Gasteiger partial charge in [0.05, 0.1) is 18.8 Å². The molecule has 0 aromatic carbocycles. The first-order valence-electron chi connectivity index (χ1n) is 12.6. The van der Waals surface area contributed by atoms with Crippen molar-refractivity contribution in [2.24, 2.45) is 35.0 Å². The predicted molar refractivity (Wildman–Crippen MR) is 119 cm³/mol. The summed E-state index contributed by atoms with van der Waals surface area (Å²) in [6.07, 6.45) is 7.93. The molecule has 0 radical (unpaired) electrons. The molecule has 0 aromatic heterocycles. The molecule has 4 aliphatic carbocycles. The molecule has 7 heteroatoms. The van der Waals surface area contributed by atoms with Gasteiger partial charge in [-0.2, -0.15) is 4.79 Å². The minimum atomic E-state index is -1.45. The molecule has 2 N–H and O–H groups in total. The highest BCUT2D eigenvalue weighted by Crippen LogP contribution is 2.65. The normalized spacial score (nSPS) is 45.2. The van der Waals surface area contributed by atoms with Crippen LogP contribution in [0.2, 0.25) is 0 Å². The molecule has 0 aromatic rings. The van der Waals surface area contributed by atoms with Gasteiger partial charge in [-0.25, -0.2) is 4.79 Å². The van der Waals surface area contributed by atoms with Crippen LogP contribution < -0.4 is 0 Å². The molecule has 8 atom stereocenters. The van der Waals surface area contributed by atoms with Crippen molar-refractivity contribution < 1.29 is 29.3 Å². The lowest BCUT2D eigenvalue weighted by atomic mass is 9.48. The van der Waals surface area contributed by atoms with Crippen LogP contribution in [0.3, 0.4) is 0 Å². The first kappa shape index (κ1) is 23.9. The summed E-state index contributed by atoms with van der Waals surface area (Å²) in [6, 6.07) is 0. The van der Waals surface area contributed by atoms with Crippen LogP contribution in [0.15, 0.2) is 0 Å². The smallest absolute Gasteiger partial charge is 0.420 e. The average Bonchev–Trinajstić information content (AvgIpc) is 3.04. The van der Waals surface area contributed by atoms with E-state index < -0.39 is 22.6 Å². The zero-order valence-corrected chi connectivity index (χ0v) is 19.9. The van der Waals surface area contributed by atoms with Crippen LogP contribution in [0.5, 0.6) is 0 Å².